The van der Waals surface area contributed by atoms with Crippen LogP contribution in [0.4, 0.5) is 11.4 Å². The summed E-state index contributed by atoms with van der Waals surface area (Å²) in [4.78, 5) is 84.5. The Kier molecular flexibility index (Phi) is 9.64. The van der Waals surface area contributed by atoms with Crippen molar-refractivity contribution in [3.8, 4) is 11.8 Å². The number of ether oxygens (including phenoxy) is 2. The normalized spacial score (nSPS) is 15.3. The molecule has 0 spiro atoms. The summed E-state index contributed by atoms with van der Waals surface area (Å²) in [5.41, 5.74) is -0.0627. The van der Waals surface area contributed by atoms with Gasteiger partial charge in [-0.1, -0.05) is 12.1 Å². The lowest BCUT2D eigenvalue weighted by molar-refractivity contribution is -0.139. The number of aliphatic hydroxyl groups is 1. The molecule has 1 aromatic carbocycles. The smallest absolute Gasteiger partial charge is 0.305 e. The largest absolute Gasteiger partial charge is 0.481 e. The van der Waals surface area contributed by atoms with E-state index in [2.05, 4.69) is 20.6 Å². The number of aliphatic carboxylic acids is 1. The van der Waals surface area contributed by atoms with Crippen molar-refractivity contribution in [1.29, 1.82) is 0 Å². The topological polar surface area (TPSA) is 218 Å². The molecule has 3 rings (SSSR count). The Bertz CT molecular complexity index is 1320. The van der Waals surface area contributed by atoms with Crippen molar-refractivity contribution >= 4 is 47.3 Å². The molecule has 0 bridgehead atoms. The maximum atomic E-state index is 13.7. The van der Waals surface area contributed by atoms with Crippen molar-refractivity contribution in [1.82, 2.24) is 20.6 Å². The first kappa shape index (κ1) is 29.4. The fourth-order valence-corrected chi connectivity index (χ4v) is 3.88. The van der Waals surface area contributed by atoms with Crippen molar-refractivity contribution < 1.29 is 48.5 Å². The maximum Gasteiger partial charge on any atom is 0.305 e. The number of aldehydes is 1. The Balaban J connectivity index is 1.99. The summed E-state index contributed by atoms with van der Waals surface area (Å²) in [5, 5.41) is 23.2. The van der Waals surface area contributed by atoms with Gasteiger partial charge in [0.05, 0.1) is 50.8 Å². The monoisotopic (exact) mass is 558 g/mol. The summed E-state index contributed by atoms with van der Waals surface area (Å²) < 4.78 is 10.1. The number of hydrogen-bond acceptors (Lipinski definition) is 11. The summed E-state index contributed by atoms with van der Waals surface area (Å²) in [6.07, 6.45) is 0.723. The molecule has 16 heteroatoms. The van der Waals surface area contributed by atoms with Gasteiger partial charge in [-0.15, -0.1) is 0 Å². The molecule has 1 aliphatic heterocycles. The van der Waals surface area contributed by atoms with E-state index in [4.69, 9.17) is 14.6 Å². The lowest BCUT2D eigenvalue weighted by Gasteiger charge is -2.25. The van der Waals surface area contributed by atoms with Gasteiger partial charge in [0.15, 0.2) is 5.69 Å². The van der Waals surface area contributed by atoms with E-state index in [1.54, 1.807) is 6.07 Å². The second-order valence-electron chi connectivity index (χ2n) is 8.28. The van der Waals surface area contributed by atoms with E-state index in [9.17, 15) is 33.9 Å². The zero-order valence-electron chi connectivity index (χ0n) is 21.4. The molecule has 2 aromatic rings. The predicted octanol–water partition coefficient (Wildman–Crippen LogP) is -1.88. The number of aromatic nitrogens is 2. The Hall–Kier alpha value is -5.12. The third-order valence-electron chi connectivity index (χ3n) is 5.68. The van der Waals surface area contributed by atoms with Crippen LogP contribution >= 0.6 is 0 Å². The summed E-state index contributed by atoms with van der Waals surface area (Å²) in [6, 6.07) is 3.19. The number of fused-ring (bicyclic) bond motifs is 1. The van der Waals surface area contributed by atoms with Crippen LogP contribution in [0.3, 0.4) is 0 Å². The Morgan fingerprint density at radius 2 is 1.88 bits per heavy atom. The molecular weight excluding hydrogens is 532 g/mol. The zero-order chi connectivity index (χ0) is 29.4. The van der Waals surface area contributed by atoms with E-state index in [1.807, 2.05) is 0 Å². The van der Waals surface area contributed by atoms with Crippen molar-refractivity contribution in [2.75, 3.05) is 43.7 Å². The molecule has 40 heavy (non-hydrogen) atoms. The molecule has 16 nitrogen and oxygen atoms in total. The number of carbonyl (C=O) groups is 6. The number of amides is 4. The molecule has 2 atom stereocenters. The van der Waals surface area contributed by atoms with Gasteiger partial charge < -0.3 is 40.0 Å². The highest BCUT2D eigenvalue weighted by atomic mass is 16.5. The van der Waals surface area contributed by atoms with Crippen LogP contribution in [0.2, 0.25) is 0 Å². The average Bonchev–Trinajstić information content (AvgIpc) is 3.06. The molecule has 0 saturated carbocycles. The summed E-state index contributed by atoms with van der Waals surface area (Å²) in [6.45, 7) is -2.04. The minimum absolute atomic E-state index is 0.0582. The van der Waals surface area contributed by atoms with Gasteiger partial charge in [0.25, 0.3) is 17.7 Å². The molecule has 0 unspecified atom stereocenters. The minimum Gasteiger partial charge on any atom is -0.481 e. The third kappa shape index (κ3) is 6.65. The summed E-state index contributed by atoms with van der Waals surface area (Å²) in [5.74, 6) is -4.88. The van der Waals surface area contributed by atoms with Crippen LogP contribution in [-0.2, 0) is 24.0 Å². The third-order valence-corrected chi connectivity index (χ3v) is 5.68. The number of anilines is 2. The number of hydrogen-bond donors (Lipinski definition) is 4. The summed E-state index contributed by atoms with van der Waals surface area (Å²) in [7, 11) is 2.58. The lowest BCUT2D eigenvalue weighted by Crippen LogP contribution is -2.55. The van der Waals surface area contributed by atoms with Crippen molar-refractivity contribution in [2.24, 2.45) is 0 Å². The number of para-hydroxylation sites is 2. The first-order valence-electron chi connectivity index (χ1n) is 11.7. The molecule has 1 aromatic heterocycles. The van der Waals surface area contributed by atoms with E-state index in [0.717, 1.165) is 16.0 Å². The van der Waals surface area contributed by atoms with E-state index >= 15 is 0 Å². The van der Waals surface area contributed by atoms with Gasteiger partial charge in [-0.25, -0.2) is 4.98 Å². The van der Waals surface area contributed by atoms with Crippen LogP contribution in [0.1, 0.15) is 16.9 Å². The zero-order valence-corrected chi connectivity index (χ0v) is 21.4. The number of nitrogens with zero attached hydrogens (tertiary/aromatic N) is 4. The number of carboxylic acid groups (broad SMARTS) is 1. The van der Waals surface area contributed by atoms with Crippen LogP contribution in [-0.4, -0.2) is 102 Å². The molecule has 2 heterocycles. The molecule has 4 amide bonds. The highest BCUT2D eigenvalue weighted by molar-refractivity contribution is 6.11. The number of carboxylic acids is 1. The summed E-state index contributed by atoms with van der Waals surface area (Å²) >= 11 is 0. The molecule has 0 fully saturated rings. The fourth-order valence-electron chi connectivity index (χ4n) is 3.88. The van der Waals surface area contributed by atoms with Gasteiger partial charge >= 0.3 is 5.97 Å². The predicted molar refractivity (Wildman–Crippen MR) is 135 cm³/mol. The van der Waals surface area contributed by atoms with Gasteiger partial charge in [0, 0.05) is 0 Å². The first-order valence-corrected chi connectivity index (χ1v) is 11.7. The minimum atomic E-state index is -1.46. The van der Waals surface area contributed by atoms with Crippen molar-refractivity contribution in [3.63, 3.8) is 0 Å². The van der Waals surface area contributed by atoms with E-state index in [0.29, 0.717) is 0 Å². The highest BCUT2D eigenvalue weighted by Crippen LogP contribution is 2.33. The van der Waals surface area contributed by atoms with Crippen LogP contribution < -0.4 is 29.9 Å². The average molecular weight is 559 g/mol. The van der Waals surface area contributed by atoms with Crippen LogP contribution in [0.25, 0.3) is 0 Å². The Morgan fingerprint density at radius 3 is 2.48 bits per heavy atom. The fraction of sp³-hybridized carbons (Fsp3) is 0.333. The first-order chi connectivity index (χ1) is 19.1. The Labute approximate surface area is 226 Å². The van der Waals surface area contributed by atoms with Gasteiger partial charge in [0.1, 0.15) is 25.5 Å². The number of methoxy groups -OCH3 is 2. The molecule has 0 saturated heterocycles. The molecular formula is C24H26N6O10. The molecule has 0 radical (unpaired) electrons. The number of aliphatic hydroxyl groups excluding tert-OH is 1. The van der Waals surface area contributed by atoms with Crippen LogP contribution in [0, 0.1) is 0 Å². The second kappa shape index (κ2) is 13.1. The van der Waals surface area contributed by atoms with E-state index in [-0.39, 0.29) is 35.1 Å². The van der Waals surface area contributed by atoms with E-state index < -0.39 is 67.8 Å². The second-order valence-corrected chi connectivity index (χ2v) is 8.28. The van der Waals surface area contributed by atoms with Gasteiger partial charge in [-0.05, 0) is 12.1 Å². The van der Waals surface area contributed by atoms with Crippen LogP contribution in [0.5, 0.6) is 11.8 Å². The van der Waals surface area contributed by atoms with Gasteiger partial charge in [0.2, 0.25) is 17.7 Å². The Morgan fingerprint density at radius 1 is 1.18 bits per heavy atom. The standard InChI is InChI=1S/C24H26N6O10/c1-39-18-8-25-21(23(28-18)40-2)22(37)27-14-9-29(19(34)12-32)15-5-3-4-6-16(15)30(24(14)38)10-17(33)26-13(11-31)7-20(35)36/h3-6,8,11,13-14,32H,7,9-10,12H2,1-2H3,(H,26,33)(H,27,37)(H,35,36)/t13-,14-/m0/s1. The van der Waals surface area contributed by atoms with E-state index in [1.165, 1.54) is 32.4 Å². The lowest BCUT2D eigenvalue weighted by atomic mass is 10.2. The SMILES string of the molecule is COc1cnc(C(=O)N[C@H]2CN(C(=O)CO)c3ccccc3N(CC(=O)N[C@H](C=O)CC(=O)O)C2=O)c(OC)n1. The maximum absolute atomic E-state index is 13.7. The number of carbonyl (C=O) groups excluding carboxylic acids is 5. The number of nitrogens with one attached hydrogen (secondary N) is 2. The molecule has 1 aliphatic rings. The molecule has 212 valence electrons. The molecule has 0 aliphatic carbocycles. The molecule has 4 N–H and O–H groups in total. The van der Waals surface area contributed by atoms with Gasteiger partial charge in [-0.3, -0.25) is 28.9 Å². The highest BCUT2D eigenvalue weighted by Gasteiger charge is 2.38. The van der Waals surface area contributed by atoms with Crippen LogP contribution in [0.15, 0.2) is 30.5 Å². The number of benzene rings is 1. The quantitative estimate of drug-likeness (QED) is 0.223. The number of rotatable bonds is 11. The van der Waals surface area contributed by atoms with Crippen molar-refractivity contribution in [3.05, 3.63) is 36.2 Å². The van der Waals surface area contributed by atoms with Crippen molar-refractivity contribution in [2.45, 2.75) is 18.5 Å². The van der Waals surface area contributed by atoms with Gasteiger partial charge in [-0.2, -0.15) is 4.98 Å².